The topological polar surface area (TPSA) is 76.1 Å². The Morgan fingerprint density at radius 2 is 1.71 bits per heavy atom. The second-order valence-corrected chi connectivity index (χ2v) is 5.79. The van der Waals surface area contributed by atoms with E-state index in [9.17, 15) is 14.7 Å². The summed E-state index contributed by atoms with van der Waals surface area (Å²) < 4.78 is 10.1. The first kappa shape index (κ1) is 17.9. The smallest absolute Gasteiger partial charge is 0.307 e. The van der Waals surface area contributed by atoms with E-state index in [0.29, 0.717) is 39.1 Å². The third-order valence-corrected chi connectivity index (χ3v) is 4.09. The van der Waals surface area contributed by atoms with Crippen LogP contribution < -0.4 is 0 Å². The van der Waals surface area contributed by atoms with Crippen LogP contribution in [-0.2, 0) is 19.1 Å². The molecule has 1 aliphatic rings. The monoisotopic (exact) mass is 301 g/mol. The highest BCUT2D eigenvalue weighted by atomic mass is 16.5. The number of hydrogen-bond acceptors (Lipinski definition) is 4. The number of rotatable bonds is 9. The van der Waals surface area contributed by atoms with Crippen LogP contribution >= 0.6 is 0 Å². The van der Waals surface area contributed by atoms with Crippen LogP contribution in [0.4, 0.5) is 0 Å². The van der Waals surface area contributed by atoms with Crippen molar-refractivity contribution in [3.05, 3.63) is 0 Å². The lowest BCUT2D eigenvalue weighted by Crippen LogP contribution is -2.41. The molecule has 1 fully saturated rings. The number of hydrogen-bond donors (Lipinski definition) is 1. The summed E-state index contributed by atoms with van der Waals surface area (Å²) in [5.41, 5.74) is 0. The van der Waals surface area contributed by atoms with E-state index in [0.717, 1.165) is 6.42 Å². The number of amides is 1. The van der Waals surface area contributed by atoms with Crippen LogP contribution in [0.25, 0.3) is 0 Å². The van der Waals surface area contributed by atoms with Crippen LogP contribution in [-0.4, -0.2) is 62.4 Å². The molecule has 1 unspecified atom stereocenters. The molecule has 0 heterocycles. The molecule has 0 saturated heterocycles. The molecule has 0 aromatic heterocycles. The average molecular weight is 301 g/mol. The summed E-state index contributed by atoms with van der Waals surface area (Å²) in [5.74, 6) is -1.60. The SMILES string of the molecule is COCCCN(CCOC)C(=O)[C@H]1CC(C)C[C@H]1C(=O)O. The van der Waals surface area contributed by atoms with Gasteiger partial charge in [-0.15, -0.1) is 0 Å². The van der Waals surface area contributed by atoms with Gasteiger partial charge in [0.15, 0.2) is 0 Å². The van der Waals surface area contributed by atoms with E-state index < -0.39 is 17.8 Å². The zero-order valence-corrected chi connectivity index (χ0v) is 13.2. The van der Waals surface area contributed by atoms with Gasteiger partial charge in [0.2, 0.25) is 5.91 Å². The van der Waals surface area contributed by atoms with Crippen molar-refractivity contribution in [1.82, 2.24) is 4.90 Å². The van der Waals surface area contributed by atoms with Crippen LogP contribution in [0.3, 0.4) is 0 Å². The summed E-state index contributed by atoms with van der Waals surface area (Å²) in [5, 5.41) is 9.31. The maximum Gasteiger partial charge on any atom is 0.307 e. The number of aliphatic carboxylic acids is 1. The zero-order valence-electron chi connectivity index (χ0n) is 13.2. The van der Waals surface area contributed by atoms with E-state index in [-0.39, 0.29) is 11.8 Å². The molecule has 0 aromatic rings. The molecule has 1 saturated carbocycles. The highest BCUT2D eigenvalue weighted by Crippen LogP contribution is 2.37. The largest absolute Gasteiger partial charge is 0.481 e. The van der Waals surface area contributed by atoms with Crippen LogP contribution in [0.5, 0.6) is 0 Å². The van der Waals surface area contributed by atoms with E-state index in [2.05, 4.69) is 0 Å². The molecule has 1 rings (SSSR count). The molecule has 21 heavy (non-hydrogen) atoms. The van der Waals surface area contributed by atoms with Crippen LogP contribution in [0.1, 0.15) is 26.2 Å². The van der Waals surface area contributed by atoms with E-state index in [1.54, 1.807) is 19.1 Å². The van der Waals surface area contributed by atoms with Gasteiger partial charge in [0.25, 0.3) is 0 Å². The summed E-state index contributed by atoms with van der Waals surface area (Å²) in [6.07, 6.45) is 1.98. The Morgan fingerprint density at radius 3 is 2.29 bits per heavy atom. The molecule has 1 amide bonds. The van der Waals surface area contributed by atoms with Gasteiger partial charge in [0.05, 0.1) is 18.4 Å². The van der Waals surface area contributed by atoms with Crippen molar-refractivity contribution in [3.8, 4) is 0 Å². The van der Waals surface area contributed by atoms with Gasteiger partial charge in [-0.2, -0.15) is 0 Å². The molecule has 0 bridgehead atoms. The first-order valence-electron chi connectivity index (χ1n) is 7.50. The summed E-state index contributed by atoms with van der Waals surface area (Å²) in [4.78, 5) is 25.7. The van der Waals surface area contributed by atoms with E-state index in [1.807, 2.05) is 6.92 Å². The summed E-state index contributed by atoms with van der Waals surface area (Å²) in [6.45, 7) is 4.12. The third kappa shape index (κ3) is 5.28. The normalized spacial score (nSPS) is 25.0. The predicted octanol–water partition coefficient (Wildman–Crippen LogP) is 1.24. The van der Waals surface area contributed by atoms with Crippen molar-refractivity contribution in [2.24, 2.45) is 17.8 Å². The first-order chi connectivity index (χ1) is 10.0. The van der Waals surface area contributed by atoms with Gasteiger partial charge in [0.1, 0.15) is 0 Å². The lowest BCUT2D eigenvalue weighted by atomic mass is 9.94. The molecule has 0 aromatic carbocycles. The number of carboxylic acid groups (broad SMARTS) is 1. The fourth-order valence-corrected chi connectivity index (χ4v) is 3.01. The molecule has 1 aliphatic carbocycles. The Hall–Kier alpha value is -1.14. The van der Waals surface area contributed by atoms with Gasteiger partial charge in [-0.05, 0) is 25.2 Å². The molecular formula is C15H27NO5. The van der Waals surface area contributed by atoms with Gasteiger partial charge >= 0.3 is 5.97 Å². The number of methoxy groups -OCH3 is 2. The van der Waals surface area contributed by atoms with Crippen molar-refractivity contribution >= 4 is 11.9 Å². The second kappa shape index (κ2) is 9.00. The van der Waals surface area contributed by atoms with Gasteiger partial charge in [0, 0.05) is 33.9 Å². The lowest BCUT2D eigenvalue weighted by Gasteiger charge is -2.27. The molecule has 6 nitrogen and oxygen atoms in total. The van der Waals surface area contributed by atoms with E-state index >= 15 is 0 Å². The van der Waals surface area contributed by atoms with Crippen LogP contribution in [0.15, 0.2) is 0 Å². The summed E-state index contributed by atoms with van der Waals surface area (Å²) in [7, 11) is 3.22. The van der Waals surface area contributed by atoms with Gasteiger partial charge in [-0.25, -0.2) is 0 Å². The fourth-order valence-electron chi connectivity index (χ4n) is 3.01. The number of ether oxygens (including phenoxy) is 2. The molecule has 1 N–H and O–H groups in total. The second-order valence-electron chi connectivity index (χ2n) is 5.79. The predicted molar refractivity (Wildman–Crippen MR) is 78.0 cm³/mol. The standard InChI is InChI=1S/C15H27NO5/c1-11-9-12(13(10-11)15(18)19)14(17)16(6-8-21-3)5-4-7-20-2/h11-13H,4-10H2,1-3H3,(H,18,19)/t11?,12-,13+/m0/s1. The molecule has 0 spiro atoms. The Morgan fingerprint density at radius 1 is 1.10 bits per heavy atom. The molecule has 6 heteroatoms. The third-order valence-electron chi connectivity index (χ3n) is 4.09. The highest BCUT2D eigenvalue weighted by Gasteiger charge is 2.42. The Balaban J connectivity index is 2.70. The number of carbonyl (C=O) groups is 2. The van der Waals surface area contributed by atoms with Crippen molar-refractivity contribution in [1.29, 1.82) is 0 Å². The van der Waals surface area contributed by atoms with Gasteiger partial charge in [-0.1, -0.05) is 6.92 Å². The fraction of sp³-hybridized carbons (Fsp3) is 0.867. The molecule has 3 atom stereocenters. The lowest BCUT2D eigenvalue weighted by molar-refractivity contribution is -0.149. The van der Waals surface area contributed by atoms with Crippen LogP contribution in [0.2, 0.25) is 0 Å². The minimum Gasteiger partial charge on any atom is -0.481 e. The Bertz CT molecular complexity index is 347. The van der Waals surface area contributed by atoms with Crippen molar-refractivity contribution in [2.45, 2.75) is 26.2 Å². The van der Waals surface area contributed by atoms with Gasteiger partial charge in [-0.3, -0.25) is 9.59 Å². The number of nitrogens with zero attached hydrogens (tertiary/aromatic N) is 1. The van der Waals surface area contributed by atoms with Crippen molar-refractivity contribution in [3.63, 3.8) is 0 Å². The maximum absolute atomic E-state index is 12.7. The first-order valence-corrected chi connectivity index (χ1v) is 7.50. The quantitative estimate of drug-likeness (QED) is 0.649. The van der Waals surface area contributed by atoms with Crippen molar-refractivity contribution in [2.75, 3.05) is 40.5 Å². The zero-order chi connectivity index (χ0) is 15.8. The highest BCUT2D eigenvalue weighted by molar-refractivity contribution is 5.85. The molecular weight excluding hydrogens is 274 g/mol. The van der Waals surface area contributed by atoms with Crippen molar-refractivity contribution < 1.29 is 24.2 Å². The molecule has 122 valence electrons. The average Bonchev–Trinajstić information content (AvgIpc) is 2.84. The Labute approximate surface area is 126 Å². The van der Waals surface area contributed by atoms with Gasteiger partial charge < -0.3 is 19.5 Å². The summed E-state index contributed by atoms with van der Waals surface area (Å²) >= 11 is 0. The molecule has 0 radical (unpaired) electrons. The molecule has 0 aliphatic heterocycles. The summed E-state index contributed by atoms with van der Waals surface area (Å²) in [6, 6.07) is 0. The maximum atomic E-state index is 12.7. The Kier molecular flexibility index (Phi) is 7.67. The number of carboxylic acids is 1. The van der Waals surface area contributed by atoms with E-state index in [1.165, 1.54) is 0 Å². The number of carbonyl (C=O) groups excluding carboxylic acids is 1. The minimum atomic E-state index is -0.860. The van der Waals surface area contributed by atoms with E-state index in [4.69, 9.17) is 9.47 Å². The minimum absolute atomic E-state index is 0.0556. The van der Waals surface area contributed by atoms with Crippen LogP contribution in [0, 0.1) is 17.8 Å².